The second-order valence-corrected chi connectivity index (χ2v) is 5.86. The van der Waals surface area contributed by atoms with Gasteiger partial charge >= 0.3 is 0 Å². The predicted octanol–water partition coefficient (Wildman–Crippen LogP) is 2.70. The fourth-order valence-corrected chi connectivity index (χ4v) is 2.96. The van der Waals surface area contributed by atoms with E-state index < -0.39 is 0 Å². The number of rotatable bonds is 4. The normalized spacial score (nSPS) is 17.3. The number of methoxy groups -OCH3 is 1. The fraction of sp³-hybridized carbons (Fsp3) is 0.692. The van der Waals surface area contributed by atoms with Crippen LogP contribution in [0.2, 0.25) is 0 Å². The summed E-state index contributed by atoms with van der Waals surface area (Å²) in [5.74, 6) is 0. The van der Waals surface area contributed by atoms with Crippen LogP contribution in [0.3, 0.4) is 0 Å². The van der Waals surface area contributed by atoms with Gasteiger partial charge in [-0.25, -0.2) is 9.97 Å². The first kappa shape index (κ1) is 13.0. The monoisotopic (exact) mass is 298 g/mol. The molecule has 1 unspecified atom stereocenters. The third-order valence-electron chi connectivity index (χ3n) is 3.23. The van der Waals surface area contributed by atoms with Crippen molar-refractivity contribution in [3.63, 3.8) is 0 Å². The van der Waals surface area contributed by atoms with Gasteiger partial charge in [0.05, 0.1) is 6.61 Å². The van der Waals surface area contributed by atoms with Crippen molar-refractivity contribution < 1.29 is 4.74 Å². The highest BCUT2D eigenvalue weighted by atomic mass is 79.9. The molecule has 2 rings (SSSR count). The molecule has 1 atom stereocenters. The molecule has 3 nitrogen and oxygen atoms in total. The Hall–Kier alpha value is -0.480. The van der Waals surface area contributed by atoms with Crippen molar-refractivity contribution in [2.24, 2.45) is 0 Å². The van der Waals surface area contributed by atoms with Crippen molar-refractivity contribution in [2.45, 2.75) is 43.4 Å². The Morgan fingerprint density at radius 3 is 2.94 bits per heavy atom. The Bertz CT molecular complexity index is 370. The van der Waals surface area contributed by atoms with Crippen LogP contribution in [0, 0.1) is 0 Å². The second kappa shape index (κ2) is 6.45. The summed E-state index contributed by atoms with van der Waals surface area (Å²) in [6.45, 7) is 0.721. The maximum absolute atomic E-state index is 5.15. The maximum Gasteiger partial charge on any atom is 0.115 e. The molecule has 0 bridgehead atoms. The lowest BCUT2D eigenvalue weighted by Gasteiger charge is -2.13. The van der Waals surface area contributed by atoms with E-state index in [9.17, 15) is 0 Å². The summed E-state index contributed by atoms with van der Waals surface area (Å²) in [4.78, 5) is 9.24. The molecule has 0 saturated heterocycles. The van der Waals surface area contributed by atoms with Crippen LogP contribution in [0.5, 0.6) is 0 Å². The SMILES string of the molecule is COCC(Br)Cc1ncnc2c1CCCCC2. The van der Waals surface area contributed by atoms with Gasteiger partial charge < -0.3 is 4.74 Å². The highest BCUT2D eigenvalue weighted by molar-refractivity contribution is 9.09. The number of hydrogen-bond donors (Lipinski definition) is 0. The largest absolute Gasteiger partial charge is 0.384 e. The van der Waals surface area contributed by atoms with Crippen LogP contribution in [0.4, 0.5) is 0 Å². The van der Waals surface area contributed by atoms with Crippen LogP contribution < -0.4 is 0 Å². The van der Waals surface area contributed by atoms with E-state index in [0.29, 0.717) is 4.83 Å². The Morgan fingerprint density at radius 2 is 2.12 bits per heavy atom. The van der Waals surface area contributed by atoms with Gasteiger partial charge in [0.2, 0.25) is 0 Å². The van der Waals surface area contributed by atoms with Crippen molar-refractivity contribution in [1.29, 1.82) is 0 Å². The van der Waals surface area contributed by atoms with Crippen LogP contribution >= 0.6 is 15.9 Å². The van der Waals surface area contributed by atoms with Crippen LogP contribution in [-0.4, -0.2) is 28.5 Å². The van der Waals surface area contributed by atoms with E-state index in [1.54, 1.807) is 13.4 Å². The Labute approximate surface area is 111 Å². The lowest BCUT2D eigenvalue weighted by atomic mass is 10.0. The fourth-order valence-electron chi connectivity index (χ4n) is 2.39. The molecule has 1 aromatic heterocycles. The molecule has 0 fully saturated rings. The minimum atomic E-state index is 0.342. The maximum atomic E-state index is 5.15. The van der Waals surface area contributed by atoms with Crippen molar-refractivity contribution in [3.05, 3.63) is 23.3 Å². The first-order valence-electron chi connectivity index (χ1n) is 6.26. The predicted molar refractivity (Wildman–Crippen MR) is 71.6 cm³/mol. The van der Waals surface area contributed by atoms with Crippen molar-refractivity contribution in [2.75, 3.05) is 13.7 Å². The molecule has 1 heterocycles. The number of aromatic nitrogens is 2. The molecule has 0 radical (unpaired) electrons. The number of aryl methyl sites for hydroxylation is 1. The van der Waals surface area contributed by atoms with E-state index in [4.69, 9.17) is 4.74 Å². The Morgan fingerprint density at radius 1 is 1.29 bits per heavy atom. The number of fused-ring (bicyclic) bond motifs is 1. The summed E-state index contributed by atoms with van der Waals surface area (Å²) in [5, 5.41) is 0. The summed E-state index contributed by atoms with van der Waals surface area (Å²) < 4.78 is 5.15. The van der Waals surface area contributed by atoms with Crippen LogP contribution in [0.1, 0.15) is 36.2 Å². The van der Waals surface area contributed by atoms with Gasteiger partial charge in [0.1, 0.15) is 6.33 Å². The van der Waals surface area contributed by atoms with Gasteiger partial charge in [-0.1, -0.05) is 22.4 Å². The molecular weight excluding hydrogens is 280 g/mol. The highest BCUT2D eigenvalue weighted by Gasteiger charge is 2.16. The van der Waals surface area contributed by atoms with Crippen LogP contribution in [0.15, 0.2) is 6.33 Å². The van der Waals surface area contributed by atoms with Gasteiger partial charge in [0.15, 0.2) is 0 Å². The minimum Gasteiger partial charge on any atom is -0.384 e. The molecule has 94 valence electrons. The zero-order valence-electron chi connectivity index (χ0n) is 10.3. The van der Waals surface area contributed by atoms with Crippen LogP contribution in [0.25, 0.3) is 0 Å². The van der Waals surface area contributed by atoms with Crippen molar-refractivity contribution in [3.8, 4) is 0 Å². The molecule has 0 aliphatic heterocycles. The van der Waals surface area contributed by atoms with Crippen molar-refractivity contribution >= 4 is 15.9 Å². The summed E-state index contributed by atoms with van der Waals surface area (Å²) >= 11 is 3.64. The number of nitrogens with zero attached hydrogens (tertiary/aromatic N) is 2. The zero-order chi connectivity index (χ0) is 12.1. The molecule has 0 aromatic carbocycles. The molecule has 1 aliphatic carbocycles. The second-order valence-electron chi connectivity index (χ2n) is 4.56. The molecule has 0 N–H and O–H groups in total. The van der Waals surface area contributed by atoms with Gasteiger partial charge in [-0.15, -0.1) is 0 Å². The standard InChI is InChI=1S/C13H19BrN2O/c1-17-8-10(14)7-13-11-5-3-2-4-6-12(11)15-9-16-13/h9-10H,2-8H2,1H3. The van der Waals surface area contributed by atoms with Gasteiger partial charge in [-0.2, -0.15) is 0 Å². The van der Waals surface area contributed by atoms with E-state index in [1.807, 2.05) is 0 Å². The number of hydrogen-bond acceptors (Lipinski definition) is 3. The molecule has 0 saturated carbocycles. The lowest BCUT2D eigenvalue weighted by molar-refractivity contribution is 0.200. The first-order chi connectivity index (χ1) is 8.31. The van der Waals surface area contributed by atoms with Gasteiger partial charge in [0.25, 0.3) is 0 Å². The number of halogens is 1. The van der Waals surface area contributed by atoms with Gasteiger partial charge in [-0.3, -0.25) is 0 Å². The van der Waals surface area contributed by atoms with Crippen LogP contribution in [-0.2, 0) is 24.0 Å². The van der Waals surface area contributed by atoms with Gasteiger partial charge in [-0.05, 0) is 31.2 Å². The van der Waals surface area contributed by atoms with E-state index in [2.05, 4.69) is 25.9 Å². The zero-order valence-corrected chi connectivity index (χ0v) is 11.9. The minimum absolute atomic E-state index is 0.342. The molecule has 0 spiro atoms. The van der Waals surface area contributed by atoms with E-state index in [1.165, 1.54) is 36.2 Å². The summed E-state index contributed by atoms with van der Waals surface area (Å²) in [7, 11) is 1.73. The summed E-state index contributed by atoms with van der Waals surface area (Å²) in [6.07, 6.45) is 8.74. The molecular formula is C13H19BrN2O. The summed E-state index contributed by atoms with van der Waals surface area (Å²) in [5.41, 5.74) is 3.87. The Balaban J connectivity index is 2.16. The number of ether oxygens (including phenoxy) is 1. The molecule has 1 aromatic rings. The quantitative estimate of drug-likeness (QED) is 0.633. The average Bonchev–Trinajstić information content (AvgIpc) is 2.55. The topological polar surface area (TPSA) is 35.0 Å². The summed E-state index contributed by atoms with van der Waals surface area (Å²) in [6, 6.07) is 0. The van der Waals surface area contributed by atoms with E-state index in [-0.39, 0.29) is 0 Å². The molecule has 0 amide bonds. The highest BCUT2D eigenvalue weighted by Crippen LogP contribution is 2.22. The molecule has 1 aliphatic rings. The smallest absolute Gasteiger partial charge is 0.115 e. The lowest BCUT2D eigenvalue weighted by Crippen LogP contribution is -2.14. The van der Waals surface area contributed by atoms with E-state index >= 15 is 0 Å². The third-order valence-corrected chi connectivity index (χ3v) is 3.81. The molecule has 4 heteroatoms. The average molecular weight is 299 g/mol. The third kappa shape index (κ3) is 3.49. The van der Waals surface area contributed by atoms with E-state index in [0.717, 1.165) is 25.9 Å². The molecule has 17 heavy (non-hydrogen) atoms. The van der Waals surface area contributed by atoms with Gasteiger partial charge in [0, 0.05) is 29.7 Å². The number of alkyl halides is 1. The van der Waals surface area contributed by atoms with Crippen molar-refractivity contribution in [1.82, 2.24) is 9.97 Å². The first-order valence-corrected chi connectivity index (χ1v) is 7.17. The Kier molecular flexibility index (Phi) is 4.92.